The van der Waals surface area contributed by atoms with Crippen molar-refractivity contribution in [2.45, 2.75) is 32.9 Å². The second kappa shape index (κ2) is 7.24. The molecule has 0 aliphatic carbocycles. The minimum Gasteiger partial charge on any atom is -0.493 e. The molecule has 0 bridgehead atoms. The standard InChI is InChI=1S/C15H21F2NO2/c1-15(2,3)18-10-6-8-11-7-5-9-12(19-4)13(11)20-14(16)17/h5-9,14,18H,10H2,1-4H3. The third kappa shape index (κ3) is 5.57. The molecule has 0 heterocycles. The van der Waals surface area contributed by atoms with Crippen LogP contribution in [0, 0.1) is 0 Å². The Hall–Kier alpha value is -1.62. The van der Waals surface area contributed by atoms with Crippen molar-refractivity contribution in [3.05, 3.63) is 29.8 Å². The first-order chi connectivity index (χ1) is 9.33. The van der Waals surface area contributed by atoms with Crippen molar-refractivity contribution in [2.24, 2.45) is 0 Å². The van der Waals surface area contributed by atoms with Gasteiger partial charge in [-0.25, -0.2) is 0 Å². The molecule has 0 aromatic heterocycles. The van der Waals surface area contributed by atoms with E-state index in [4.69, 9.17) is 4.74 Å². The van der Waals surface area contributed by atoms with E-state index in [1.54, 1.807) is 24.3 Å². The fourth-order valence-corrected chi connectivity index (χ4v) is 1.59. The van der Waals surface area contributed by atoms with Crippen LogP contribution in [0.4, 0.5) is 8.78 Å². The Morgan fingerprint density at radius 2 is 2.00 bits per heavy atom. The van der Waals surface area contributed by atoms with Gasteiger partial charge < -0.3 is 14.8 Å². The van der Waals surface area contributed by atoms with Gasteiger partial charge >= 0.3 is 6.61 Å². The van der Waals surface area contributed by atoms with Crippen molar-refractivity contribution in [2.75, 3.05) is 13.7 Å². The molecular formula is C15H21F2NO2. The van der Waals surface area contributed by atoms with Gasteiger partial charge in [-0.2, -0.15) is 8.78 Å². The molecule has 3 nitrogen and oxygen atoms in total. The van der Waals surface area contributed by atoms with Gasteiger partial charge in [-0.05, 0) is 26.8 Å². The summed E-state index contributed by atoms with van der Waals surface area (Å²) in [6, 6.07) is 5.02. The van der Waals surface area contributed by atoms with Gasteiger partial charge in [0, 0.05) is 17.6 Å². The lowest BCUT2D eigenvalue weighted by atomic mass is 10.1. The molecule has 5 heteroatoms. The van der Waals surface area contributed by atoms with Gasteiger partial charge in [-0.1, -0.05) is 24.3 Å². The molecule has 112 valence electrons. The Morgan fingerprint density at radius 3 is 2.55 bits per heavy atom. The predicted octanol–water partition coefficient (Wildman–Crippen LogP) is 3.70. The Bertz CT molecular complexity index is 454. The maximum Gasteiger partial charge on any atom is 0.387 e. The van der Waals surface area contributed by atoms with Crippen molar-refractivity contribution < 1.29 is 18.3 Å². The average Bonchev–Trinajstić information content (AvgIpc) is 2.34. The predicted molar refractivity (Wildman–Crippen MR) is 76.4 cm³/mol. The maximum atomic E-state index is 12.4. The highest BCUT2D eigenvalue weighted by atomic mass is 19.3. The van der Waals surface area contributed by atoms with Crippen molar-refractivity contribution in [1.82, 2.24) is 5.32 Å². The monoisotopic (exact) mass is 285 g/mol. The summed E-state index contributed by atoms with van der Waals surface area (Å²) in [6.07, 6.45) is 3.59. The first-order valence-electron chi connectivity index (χ1n) is 6.37. The zero-order chi connectivity index (χ0) is 15.2. The molecule has 1 aromatic rings. The van der Waals surface area contributed by atoms with Crippen LogP contribution in [0.1, 0.15) is 26.3 Å². The first kappa shape index (κ1) is 16.4. The van der Waals surface area contributed by atoms with E-state index in [0.717, 1.165) is 0 Å². The SMILES string of the molecule is COc1cccc(C=CCNC(C)(C)C)c1OC(F)F. The van der Waals surface area contributed by atoms with Crippen LogP contribution in [-0.4, -0.2) is 25.8 Å². The normalized spacial score (nSPS) is 12.2. The highest BCUT2D eigenvalue weighted by Gasteiger charge is 2.13. The number of halogens is 2. The molecule has 0 saturated heterocycles. The van der Waals surface area contributed by atoms with E-state index in [1.165, 1.54) is 7.11 Å². The quantitative estimate of drug-likeness (QED) is 0.864. The molecule has 0 aliphatic heterocycles. The van der Waals surface area contributed by atoms with Crippen LogP contribution >= 0.6 is 0 Å². The minimum atomic E-state index is -2.88. The number of rotatable bonds is 6. The van der Waals surface area contributed by atoms with E-state index < -0.39 is 6.61 Å². The molecule has 0 saturated carbocycles. The van der Waals surface area contributed by atoms with Gasteiger partial charge in [0.2, 0.25) is 0 Å². The third-order valence-corrected chi connectivity index (χ3v) is 2.48. The van der Waals surface area contributed by atoms with Crippen LogP contribution in [0.25, 0.3) is 6.08 Å². The van der Waals surface area contributed by atoms with E-state index in [9.17, 15) is 8.78 Å². The molecule has 1 aromatic carbocycles. The van der Waals surface area contributed by atoms with Crippen LogP contribution < -0.4 is 14.8 Å². The summed E-state index contributed by atoms with van der Waals surface area (Å²) in [5.41, 5.74) is 0.557. The summed E-state index contributed by atoms with van der Waals surface area (Å²) in [5.74, 6) is 0.341. The summed E-state index contributed by atoms with van der Waals surface area (Å²) in [5, 5.41) is 3.27. The molecule has 0 atom stereocenters. The molecule has 0 radical (unpaired) electrons. The Labute approximate surface area is 118 Å². The number of para-hydroxylation sites is 1. The van der Waals surface area contributed by atoms with Gasteiger partial charge in [0.05, 0.1) is 7.11 Å². The molecule has 0 unspecified atom stereocenters. The van der Waals surface area contributed by atoms with Crippen molar-refractivity contribution in [3.63, 3.8) is 0 Å². The average molecular weight is 285 g/mol. The van der Waals surface area contributed by atoms with Crippen LogP contribution in [0.2, 0.25) is 0 Å². The fraction of sp³-hybridized carbons (Fsp3) is 0.467. The summed E-state index contributed by atoms with van der Waals surface area (Å²) in [6.45, 7) is 3.91. The lowest BCUT2D eigenvalue weighted by Gasteiger charge is -2.19. The number of ether oxygens (including phenoxy) is 2. The van der Waals surface area contributed by atoms with Crippen LogP contribution in [0.15, 0.2) is 24.3 Å². The molecule has 0 fully saturated rings. The van der Waals surface area contributed by atoms with Crippen molar-refractivity contribution in [1.29, 1.82) is 0 Å². The molecule has 0 amide bonds. The summed E-state index contributed by atoms with van der Waals surface area (Å²) in [7, 11) is 1.42. The lowest BCUT2D eigenvalue weighted by molar-refractivity contribution is -0.0513. The minimum absolute atomic E-state index is 0.00101. The van der Waals surface area contributed by atoms with Crippen LogP contribution in [-0.2, 0) is 0 Å². The Morgan fingerprint density at radius 1 is 1.30 bits per heavy atom. The van der Waals surface area contributed by atoms with Crippen molar-refractivity contribution >= 4 is 6.08 Å². The topological polar surface area (TPSA) is 30.5 Å². The zero-order valence-electron chi connectivity index (χ0n) is 12.2. The van der Waals surface area contributed by atoms with Gasteiger partial charge in [-0.15, -0.1) is 0 Å². The molecular weight excluding hydrogens is 264 g/mol. The number of methoxy groups -OCH3 is 1. The number of hydrogen-bond acceptors (Lipinski definition) is 3. The zero-order valence-corrected chi connectivity index (χ0v) is 12.2. The van der Waals surface area contributed by atoms with E-state index in [0.29, 0.717) is 12.1 Å². The molecule has 1 rings (SSSR count). The van der Waals surface area contributed by atoms with E-state index in [-0.39, 0.29) is 17.0 Å². The van der Waals surface area contributed by atoms with Gasteiger partial charge in [-0.3, -0.25) is 0 Å². The second-order valence-corrected chi connectivity index (χ2v) is 5.29. The second-order valence-electron chi connectivity index (χ2n) is 5.29. The lowest BCUT2D eigenvalue weighted by Crippen LogP contribution is -2.35. The maximum absolute atomic E-state index is 12.4. The summed E-state index contributed by atoms with van der Waals surface area (Å²) < 4.78 is 34.5. The molecule has 0 aliphatic rings. The van der Waals surface area contributed by atoms with Crippen LogP contribution in [0.3, 0.4) is 0 Å². The van der Waals surface area contributed by atoms with Gasteiger partial charge in [0.1, 0.15) is 0 Å². The largest absolute Gasteiger partial charge is 0.493 e. The van der Waals surface area contributed by atoms with E-state index in [2.05, 4.69) is 30.8 Å². The van der Waals surface area contributed by atoms with E-state index >= 15 is 0 Å². The summed E-state index contributed by atoms with van der Waals surface area (Å²) >= 11 is 0. The fourth-order valence-electron chi connectivity index (χ4n) is 1.59. The number of nitrogens with one attached hydrogen (secondary N) is 1. The number of alkyl halides is 2. The van der Waals surface area contributed by atoms with Crippen molar-refractivity contribution in [3.8, 4) is 11.5 Å². The molecule has 20 heavy (non-hydrogen) atoms. The van der Waals surface area contributed by atoms with Gasteiger partial charge in [0.15, 0.2) is 11.5 Å². The third-order valence-electron chi connectivity index (χ3n) is 2.48. The Balaban J connectivity index is 2.85. The molecule has 0 spiro atoms. The summed E-state index contributed by atoms with van der Waals surface area (Å²) in [4.78, 5) is 0. The Kier molecular flexibility index (Phi) is 5.95. The highest BCUT2D eigenvalue weighted by Crippen LogP contribution is 2.33. The first-order valence-corrected chi connectivity index (χ1v) is 6.37. The van der Waals surface area contributed by atoms with Crippen LogP contribution in [0.5, 0.6) is 11.5 Å². The number of benzene rings is 1. The molecule has 1 N–H and O–H groups in total. The smallest absolute Gasteiger partial charge is 0.387 e. The highest BCUT2D eigenvalue weighted by molar-refractivity contribution is 5.62. The number of hydrogen-bond donors (Lipinski definition) is 1. The van der Waals surface area contributed by atoms with E-state index in [1.807, 2.05) is 6.08 Å². The van der Waals surface area contributed by atoms with Gasteiger partial charge in [0.25, 0.3) is 0 Å².